The average molecular weight is 323 g/mol. The van der Waals surface area contributed by atoms with Crippen molar-refractivity contribution in [3.8, 4) is 0 Å². The molecule has 0 fully saturated rings. The molecule has 0 aliphatic rings. The Bertz CT molecular complexity index is 813. The van der Waals surface area contributed by atoms with Crippen LogP contribution in [0.4, 0.5) is 21.8 Å². The monoisotopic (exact) mass is 323 g/mol. The van der Waals surface area contributed by atoms with Gasteiger partial charge in [-0.25, -0.2) is 4.39 Å². The number of nitrogens with zero attached hydrogens (tertiary/aromatic N) is 3. The van der Waals surface area contributed by atoms with Crippen LogP contribution < -0.4 is 10.6 Å². The van der Waals surface area contributed by atoms with E-state index in [0.717, 1.165) is 22.4 Å². The van der Waals surface area contributed by atoms with Gasteiger partial charge in [0.15, 0.2) is 5.82 Å². The maximum atomic E-state index is 12.9. The normalized spacial score (nSPS) is 10.5. The Hall–Kier alpha value is -3.02. The SMILES string of the molecule is Cc1cc(C)cc(Nc2nncc(NCc3ccc(F)cc3)n2)c1. The zero-order chi connectivity index (χ0) is 16.9. The highest BCUT2D eigenvalue weighted by molar-refractivity contribution is 5.56. The summed E-state index contributed by atoms with van der Waals surface area (Å²) in [4.78, 5) is 4.39. The zero-order valence-electron chi connectivity index (χ0n) is 13.5. The van der Waals surface area contributed by atoms with E-state index in [2.05, 4.69) is 31.9 Å². The van der Waals surface area contributed by atoms with Crippen LogP contribution >= 0.6 is 0 Å². The van der Waals surface area contributed by atoms with Crippen molar-refractivity contribution in [1.29, 1.82) is 0 Å². The van der Waals surface area contributed by atoms with Crippen LogP contribution in [0.3, 0.4) is 0 Å². The first-order chi connectivity index (χ1) is 11.6. The summed E-state index contributed by atoms with van der Waals surface area (Å²) >= 11 is 0. The summed E-state index contributed by atoms with van der Waals surface area (Å²) in [6.07, 6.45) is 1.55. The van der Waals surface area contributed by atoms with E-state index in [-0.39, 0.29) is 5.82 Å². The van der Waals surface area contributed by atoms with Crippen molar-refractivity contribution >= 4 is 17.5 Å². The molecule has 24 heavy (non-hydrogen) atoms. The van der Waals surface area contributed by atoms with E-state index in [1.165, 1.54) is 12.1 Å². The molecule has 0 atom stereocenters. The minimum absolute atomic E-state index is 0.248. The second-order valence-electron chi connectivity index (χ2n) is 5.65. The molecule has 2 N–H and O–H groups in total. The lowest BCUT2D eigenvalue weighted by molar-refractivity contribution is 0.627. The molecule has 0 aliphatic carbocycles. The van der Waals surface area contributed by atoms with Crippen molar-refractivity contribution in [2.24, 2.45) is 0 Å². The summed E-state index contributed by atoms with van der Waals surface area (Å²) < 4.78 is 12.9. The van der Waals surface area contributed by atoms with Gasteiger partial charge in [0, 0.05) is 12.2 Å². The van der Waals surface area contributed by atoms with Crippen LogP contribution in [0.1, 0.15) is 16.7 Å². The molecule has 0 aliphatic heterocycles. The first-order valence-electron chi connectivity index (χ1n) is 7.62. The standard InChI is InChI=1S/C18H18FN5/c1-12-7-13(2)9-16(8-12)22-18-23-17(11-21-24-18)20-10-14-3-5-15(19)6-4-14/h3-9,11H,10H2,1-2H3,(H2,20,22,23,24). The van der Waals surface area contributed by atoms with Gasteiger partial charge < -0.3 is 10.6 Å². The molecule has 0 saturated heterocycles. The van der Waals surface area contributed by atoms with E-state index in [9.17, 15) is 4.39 Å². The molecular formula is C18H18FN5. The zero-order valence-corrected chi connectivity index (χ0v) is 13.5. The van der Waals surface area contributed by atoms with Crippen molar-refractivity contribution in [3.05, 3.63) is 71.2 Å². The fourth-order valence-corrected chi connectivity index (χ4v) is 2.41. The topological polar surface area (TPSA) is 62.7 Å². The first kappa shape index (κ1) is 15.9. The van der Waals surface area contributed by atoms with Crippen LogP contribution in [0.15, 0.2) is 48.7 Å². The minimum Gasteiger partial charge on any atom is -0.365 e. The van der Waals surface area contributed by atoms with Gasteiger partial charge in [-0.05, 0) is 54.8 Å². The van der Waals surface area contributed by atoms with Crippen molar-refractivity contribution < 1.29 is 4.39 Å². The van der Waals surface area contributed by atoms with Gasteiger partial charge in [0.2, 0.25) is 5.95 Å². The van der Waals surface area contributed by atoms with Gasteiger partial charge in [-0.15, -0.1) is 5.10 Å². The molecule has 1 aromatic heterocycles. The molecule has 0 spiro atoms. The Balaban J connectivity index is 1.68. The molecule has 5 nitrogen and oxygen atoms in total. The van der Waals surface area contributed by atoms with Crippen molar-refractivity contribution in [3.63, 3.8) is 0 Å². The fraction of sp³-hybridized carbons (Fsp3) is 0.167. The number of aromatic nitrogens is 3. The summed E-state index contributed by atoms with van der Waals surface area (Å²) in [7, 11) is 0. The number of nitrogens with one attached hydrogen (secondary N) is 2. The molecule has 122 valence electrons. The number of rotatable bonds is 5. The van der Waals surface area contributed by atoms with Crippen LogP contribution in [-0.4, -0.2) is 15.2 Å². The molecule has 2 aromatic carbocycles. The molecule has 6 heteroatoms. The predicted octanol–water partition coefficient (Wildman–Crippen LogP) is 3.98. The van der Waals surface area contributed by atoms with Gasteiger partial charge in [0.1, 0.15) is 5.82 Å². The highest BCUT2D eigenvalue weighted by atomic mass is 19.1. The maximum absolute atomic E-state index is 12.9. The third-order valence-electron chi connectivity index (χ3n) is 3.42. The van der Waals surface area contributed by atoms with Crippen LogP contribution in [-0.2, 0) is 6.54 Å². The highest BCUT2D eigenvalue weighted by Gasteiger charge is 2.03. The van der Waals surface area contributed by atoms with Crippen LogP contribution in [0, 0.1) is 19.7 Å². The van der Waals surface area contributed by atoms with Crippen LogP contribution in [0.25, 0.3) is 0 Å². The van der Waals surface area contributed by atoms with Gasteiger partial charge in [-0.3, -0.25) is 0 Å². The summed E-state index contributed by atoms with van der Waals surface area (Å²) in [5.41, 5.74) is 4.20. The largest absolute Gasteiger partial charge is 0.365 e. The first-order valence-corrected chi connectivity index (χ1v) is 7.62. The lowest BCUT2D eigenvalue weighted by Crippen LogP contribution is -2.05. The van der Waals surface area contributed by atoms with Gasteiger partial charge in [-0.1, -0.05) is 18.2 Å². The Morgan fingerprint density at radius 3 is 2.42 bits per heavy atom. The van der Waals surface area contributed by atoms with Crippen molar-refractivity contribution in [2.75, 3.05) is 10.6 Å². The number of hydrogen-bond acceptors (Lipinski definition) is 5. The van der Waals surface area contributed by atoms with E-state index in [1.807, 2.05) is 26.0 Å². The quantitative estimate of drug-likeness (QED) is 0.743. The van der Waals surface area contributed by atoms with E-state index in [0.29, 0.717) is 18.3 Å². The predicted molar refractivity (Wildman–Crippen MR) is 92.8 cm³/mol. The Labute approximate surface area is 140 Å². The third-order valence-corrected chi connectivity index (χ3v) is 3.42. The summed E-state index contributed by atoms with van der Waals surface area (Å²) in [5, 5.41) is 14.3. The lowest BCUT2D eigenvalue weighted by Gasteiger charge is -2.09. The van der Waals surface area contributed by atoms with E-state index in [1.54, 1.807) is 18.3 Å². The Morgan fingerprint density at radius 2 is 1.71 bits per heavy atom. The maximum Gasteiger partial charge on any atom is 0.249 e. The number of benzene rings is 2. The Kier molecular flexibility index (Phi) is 4.65. The average Bonchev–Trinajstić information content (AvgIpc) is 2.54. The fourth-order valence-electron chi connectivity index (χ4n) is 2.41. The smallest absolute Gasteiger partial charge is 0.249 e. The van der Waals surface area contributed by atoms with Gasteiger partial charge in [-0.2, -0.15) is 10.1 Å². The lowest BCUT2D eigenvalue weighted by atomic mass is 10.1. The van der Waals surface area contributed by atoms with E-state index < -0.39 is 0 Å². The molecule has 1 heterocycles. The van der Waals surface area contributed by atoms with Crippen molar-refractivity contribution in [1.82, 2.24) is 15.2 Å². The number of anilines is 3. The van der Waals surface area contributed by atoms with Gasteiger partial charge in [0.05, 0.1) is 6.20 Å². The third kappa shape index (κ3) is 4.25. The highest BCUT2D eigenvalue weighted by Crippen LogP contribution is 2.17. The van der Waals surface area contributed by atoms with Gasteiger partial charge in [0.25, 0.3) is 0 Å². The molecule has 3 aromatic rings. The molecule has 3 rings (SSSR count). The molecule has 0 bridgehead atoms. The minimum atomic E-state index is -0.248. The Morgan fingerprint density at radius 1 is 1.00 bits per heavy atom. The van der Waals surface area contributed by atoms with E-state index in [4.69, 9.17) is 0 Å². The number of aryl methyl sites for hydroxylation is 2. The van der Waals surface area contributed by atoms with Crippen LogP contribution in [0.5, 0.6) is 0 Å². The molecule has 0 radical (unpaired) electrons. The molecule has 0 amide bonds. The summed E-state index contributed by atoms with van der Waals surface area (Å²) in [6, 6.07) is 12.5. The van der Waals surface area contributed by atoms with Crippen molar-refractivity contribution in [2.45, 2.75) is 20.4 Å². The van der Waals surface area contributed by atoms with E-state index >= 15 is 0 Å². The molecule has 0 saturated carbocycles. The summed E-state index contributed by atoms with van der Waals surface area (Å²) in [6.45, 7) is 4.61. The molecule has 0 unspecified atom stereocenters. The second-order valence-corrected chi connectivity index (χ2v) is 5.65. The summed E-state index contributed by atoms with van der Waals surface area (Å²) in [5.74, 6) is 0.771. The number of halogens is 1. The van der Waals surface area contributed by atoms with Crippen LogP contribution in [0.2, 0.25) is 0 Å². The number of hydrogen-bond donors (Lipinski definition) is 2. The molecular weight excluding hydrogens is 305 g/mol. The van der Waals surface area contributed by atoms with Gasteiger partial charge >= 0.3 is 0 Å². The second kappa shape index (κ2) is 7.04.